The quantitative estimate of drug-likeness (QED) is 0.760. The van der Waals surface area contributed by atoms with Crippen molar-refractivity contribution < 1.29 is 18.3 Å². The normalized spacial score (nSPS) is 10.2. The van der Waals surface area contributed by atoms with E-state index in [1.807, 2.05) is 6.07 Å². The van der Waals surface area contributed by atoms with Crippen molar-refractivity contribution in [2.24, 2.45) is 0 Å². The third-order valence-corrected chi connectivity index (χ3v) is 2.15. The average Bonchev–Trinajstić information content (AvgIpc) is 2.37. The third-order valence-electron chi connectivity index (χ3n) is 2.15. The fourth-order valence-electron chi connectivity index (χ4n) is 1.32. The highest BCUT2D eigenvalue weighted by Gasteiger charge is 2.04. The van der Waals surface area contributed by atoms with E-state index in [9.17, 15) is 8.78 Å². The van der Waals surface area contributed by atoms with Gasteiger partial charge in [0.05, 0.1) is 25.0 Å². The molecule has 0 spiro atoms. The molecule has 1 N–H and O–H groups in total. The maximum Gasteiger partial charge on any atom is 0.261 e. The van der Waals surface area contributed by atoms with Crippen LogP contribution >= 0.6 is 0 Å². The second-order valence-electron chi connectivity index (χ2n) is 3.42. The molecular formula is C12H14F2N2O2. The number of nitrogens with zero attached hydrogens (tertiary/aromatic N) is 1. The zero-order chi connectivity index (χ0) is 13.4. The molecular weight excluding hydrogens is 242 g/mol. The summed E-state index contributed by atoms with van der Waals surface area (Å²) in [5.41, 5.74) is 1.06. The van der Waals surface area contributed by atoms with Crippen LogP contribution in [0.3, 0.4) is 0 Å². The molecule has 0 aliphatic rings. The maximum absolute atomic E-state index is 11.8. The number of nitrogens with one attached hydrogen (secondary N) is 1. The Morgan fingerprint density at radius 2 is 2.22 bits per heavy atom. The summed E-state index contributed by atoms with van der Waals surface area (Å²) in [6.07, 6.45) is -2.46. The van der Waals surface area contributed by atoms with Gasteiger partial charge in [0.2, 0.25) is 0 Å². The molecule has 0 aliphatic carbocycles. The predicted octanol–water partition coefficient (Wildman–Crippen LogP) is 2.26. The van der Waals surface area contributed by atoms with Crippen LogP contribution in [-0.4, -0.2) is 33.3 Å². The standard InChI is InChI=1S/C12H14F2N2O2/c1-17-10-3-2-9(7-15)11(6-10)16-4-5-18-8-12(13)14/h2-3,6,12,16H,4-5,8H2,1H3. The van der Waals surface area contributed by atoms with E-state index in [2.05, 4.69) is 5.32 Å². The topological polar surface area (TPSA) is 54.3 Å². The summed E-state index contributed by atoms with van der Waals surface area (Å²) in [6, 6.07) is 7.00. The van der Waals surface area contributed by atoms with E-state index < -0.39 is 13.0 Å². The van der Waals surface area contributed by atoms with Gasteiger partial charge in [-0.2, -0.15) is 5.26 Å². The number of alkyl halides is 2. The van der Waals surface area contributed by atoms with Crippen molar-refractivity contribution in [3.63, 3.8) is 0 Å². The van der Waals surface area contributed by atoms with E-state index in [-0.39, 0.29) is 6.61 Å². The highest BCUT2D eigenvalue weighted by atomic mass is 19.3. The minimum absolute atomic E-state index is 0.145. The zero-order valence-corrected chi connectivity index (χ0v) is 9.95. The molecule has 1 rings (SSSR count). The lowest BCUT2D eigenvalue weighted by Crippen LogP contribution is -2.13. The molecule has 98 valence electrons. The summed E-state index contributed by atoms with van der Waals surface area (Å²) < 4.78 is 33.3. The van der Waals surface area contributed by atoms with Crippen LogP contribution in [-0.2, 0) is 4.74 Å². The lowest BCUT2D eigenvalue weighted by Gasteiger charge is -2.10. The predicted molar refractivity (Wildman–Crippen MR) is 63.0 cm³/mol. The largest absolute Gasteiger partial charge is 0.497 e. The Kier molecular flexibility index (Phi) is 5.88. The van der Waals surface area contributed by atoms with Crippen LogP contribution < -0.4 is 10.1 Å². The van der Waals surface area contributed by atoms with Crippen LogP contribution in [0.25, 0.3) is 0 Å². The summed E-state index contributed by atoms with van der Waals surface area (Å²) in [5, 5.41) is 11.8. The summed E-state index contributed by atoms with van der Waals surface area (Å²) in [7, 11) is 1.52. The van der Waals surface area contributed by atoms with Gasteiger partial charge in [-0.1, -0.05) is 0 Å². The minimum atomic E-state index is -2.46. The van der Waals surface area contributed by atoms with Gasteiger partial charge in [0.25, 0.3) is 6.43 Å². The minimum Gasteiger partial charge on any atom is -0.497 e. The highest BCUT2D eigenvalue weighted by molar-refractivity contribution is 5.60. The summed E-state index contributed by atoms with van der Waals surface area (Å²) in [5.74, 6) is 0.616. The monoisotopic (exact) mass is 256 g/mol. The number of benzene rings is 1. The Balaban J connectivity index is 2.48. The number of nitriles is 1. The molecule has 0 heterocycles. The van der Waals surface area contributed by atoms with Gasteiger partial charge in [-0.15, -0.1) is 0 Å². The van der Waals surface area contributed by atoms with Gasteiger partial charge in [0.1, 0.15) is 18.4 Å². The number of hydrogen-bond acceptors (Lipinski definition) is 4. The molecule has 0 atom stereocenters. The first kappa shape index (κ1) is 14.2. The van der Waals surface area contributed by atoms with E-state index >= 15 is 0 Å². The molecule has 1 aromatic rings. The number of anilines is 1. The summed E-state index contributed by atoms with van der Waals surface area (Å²) >= 11 is 0. The summed E-state index contributed by atoms with van der Waals surface area (Å²) in [4.78, 5) is 0. The Morgan fingerprint density at radius 1 is 1.44 bits per heavy atom. The van der Waals surface area contributed by atoms with Gasteiger partial charge in [-0.05, 0) is 12.1 Å². The number of hydrogen-bond donors (Lipinski definition) is 1. The van der Waals surface area contributed by atoms with Crippen LogP contribution in [0.1, 0.15) is 5.56 Å². The van der Waals surface area contributed by atoms with E-state index in [0.717, 1.165) is 0 Å². The van der Waals surface area contributed by atoms with Crippen LogP contribution in [0.2, 0.25) is 0 Å². The van der Waals surface area contributed by atoms with Gasteiger partial charge in [0, 0.05) is 12.6 Å². The van der Waals surface area contributed by atoms with Crippen molar-refractivity contribution in [3.05, 3.63) is 23.8 Å². The SMILES string of the molecule is COc1ccc(C#N)c(NCCOCC(F)F)c1. The van der Waals surface area contributed by atoms with Crippen LogP contribution in [0.15, 0.2) is 18.2 Å². The van der Waals surface area contributed by atoms with Crippen LogP contribution in [0.5, 0.6) is 5.75 Å². The number of methoxy groups -OCH3 is 1. The zero-order valence-electron chi connectivity index (χ0n) is 9.95. The van der Waals surface area contributed by atoms with Gasteiger partial charge < -0.3 is 14.8 Å². The Labute approximate surface area is 104 Å². The average molecular weight is 256 g/mol. The van der Waals surface area contributed by atoms with Crippen molar-refractivity contribution in [1.82, 2.24) is 0 Å². The van der Waals surface area contributed by atoms with Crippen molar-refractivity contribution in [3.8, 4) is 11.8 Å². The first-order valence-electron chi connectivity index (χ1n) is 5.35. The van der Waals surface area contributed by atoms with Crippen molar-refractivity contribution in [1.29, 1.82) is 5.26 Å². The van der Waals surface area contributed by atoms with Crippen LogP contribution in [0.4, 0.5) is 14.5 Å². The van der Waals surface area contributed by atoms with Gasteiger partial charge >= 0.3 is 0 Å². The van der Waals surface area contributed by atoms with Crippen molar-refractivity contribution >= 4 is 5.69 Å². The van der Waals surface area contributed by atoms with Crippen molar-refractivity contribution in [2.45, 2.75) is 6.43 Å². The van der Waals surface area contributed by atoms with Gasteiger partial charge in [-0.25, -0.2) is 8.78 Å². The van der Waals surface area contributed by atoms with Crippen LogP contribution in [0, 0.1) is 11.3 Å². The number of rotatable bonds is 7. The molecule has 0 saturated heterocycles. The molecule has 0 unspecified atom stereocenters. The Bertz CT molecular complexity index is 419. The second kappa shape index (κ2) is 7.45. The van der Waals surface area contributed by atoms with Gasteiger partial charge in [-0.3, -0.25) is 0 Å². The molecule has 4 nitrogen and oxygen atoms in total. The molecule has 0 fully saturated rings. The second-order valence-corrected chi connectivity index (χ2v) is 3.42. The summed E-state index contributed by atoms with van der Waals surface area (Å²) in [6.45, 7) is -0.0914. The van der Waals surface area contributed by atoms with Crippen molar-refractivity contribution in [2.75, 3.05) is 32.2 Å². The Hall–Kier alpha value is -1.87. The maximum atomic E-state index is 11.8. The first-order valence-corrected chi connectivity index (χ1v) is 5.35. The first-order chi connectivity index (χ1) is 8.67. The lowest BCUT2D eigenvalue weighted by atomic mass is 10.2. The lowest BCUT2D eigenvalue weighted by molar-refractivity contribution is 0.0215. The van der Waals surface area contributed by atoms with E-state index in [0.29, 0.717) is 23.5 Å². The number of halogens is 2. The third kappa shape index (κ3) is 4.55. The molecule has 0 radical (unpaired) electrons. The fraction of sp³-hybridized carbons (Fsp3) is 0.417. The molecule has 0 aromatic heterocycles. The van der Waals surface area contributed by atoms with E-state index in [1.165, 1.54) is 7.11 Å². The molecule has 0 amide bonds. The van der Waals surface area contributed by atoms with Gasteiger partial charge in [0.15, 0.2) is 0 Å². The molecule has 0 bridgehead atoms. The fourth-order valence-corrected chi connectivity index (χ4v) is 1.32. The highest BCUT2D eigenvalue weighted by Crippen LogP contribution is 2.21. The number of ether oxygens (including phenoxy) is 2. The molecule has 18 heavy (non-hydrogen) atoms. The molecule has 0 saturated carbocycles. The Morgan fingerprint density at radius 3 is 2.83 bits per heavy atom. The molecule has 6 heteroatoms. The van der Waals surface area contributed by atoms with E-state index in [4.69, 9.17) is 14.7 Å². The van der Waals surface area contributed by atoms with E-state index in [1.54, 1.807) is 18.2 Å². The smallest absolute Gasteiger partial charge is 0.261 e. The molecule has 0 aliphatic heterocycles. The molecule has 1 aromatic carbocycles.